The molecule has 4 aromatic rings. The fourth-order valence-corrected chi connectivity index (χ4v) is 9.11. The molecule has 0 fully saturated rings. The molecular weight excluding hydrogens is 596 g/mol. The molecular formula is C40H48N6O2. The Bertz CT molecular complexity index is 1980. The van der Waals surface area contributed by atoms with Gasteiger partial charge in [0.05, 0.1) is 35.0 Å². The quantitative estimate of drug-likeness (QED) is 0.265. The van der Waals surface area contributed by atoms with Gasteiger partial charge in [-0.2, -0.15) is 0 Å². The van der Waals surface area contributed by atoms with Gasteiger partial charge >= 0.3 is 0 Å². The molecule has 6 heterocycles. The van der Waals surface area contributed by atoms with Crippen LogP contribution in [0.25, 0.3) is 33.0 Å². The van der Waals surface area contributed by atoms with Crippen molar-refractivity contribution >= 4 is 44.8 Å². The number of carbonyl (C=O) groups is 2. The SMILES string of the molecule is CCN(CCc1ccc2c3c1ccn3C[C@H]1C2=C[C@H](C(=O)N(CC)CC)CN1C)C(=O)[C@@H]1C=C2c3cccc4ccn(c34)C[C@H]2N(C)C1. The number of amides is 2. The fraction of sp³-hybridized carbons (Fsp3) is 0.450. The number of aromatic nitrogens is 2. The highest BCUT2D eigenvalue weighted by Crippen LogP contribution is 2.41. The molecule has 2 aromatic heterocycles. The van der Waals surface area contributed by atoms with Gasteiger partial charge in [0, 0.05) is 86.7 Å². The molecule has 250 valence electrons. The number of nitrogens with zero attached hydrogens (tertiary/aromatic N) is 6. The predicted molar refractivity (Wildman–Crippen MR) is 194 cm³/mol. The summed E-state index contributed by atoms with van der Waals surface area (Å²) < 4.78 is 4.76. The van der Waals surface area contributed by atoms with Crippen LogP contribution in [0.3, 0.4) is 0 Å². The van der Waals surface area contributed by atoms with Crippen LogP contribution >= 0.6 is 0 Å². The van der Waals surface area contributed by atoms with Crippen molar-refractivity contribution in [3.63, 3.8) is 0 Å². The van der Waals surface area contributed by atoms with Crippen LogP contribution in [0, 0.1) is 11.8 Å². The molecule has 0 saturated heterocycles. The number of benzene rings is 2. The third-order valence-electron chi connectivity index (χ3n) is 11.7. The maximum Gasteiger partial charge on any atom is 0.230 e. The summed E-state index contributed by atoms with van der Waals surface area (Å²) in [5, 5.41) is 2.52. The molecule has 0 unspecified atom stereocenters. The molecule has 8 heteroatoms. The van der Waals surface area contributed by atoms with E-state index >= 15 is 0 Å². The first kappa shape index (κ1) is 31.1. The zero-order valence-corrected chi connectivity index (χ0v) is 29.0. The average Bonchev–Trinajstić information content (AvgIpc) is 3.72. The molecule has 4 aliphatic rings. The van der Waals surface area contributed by atoms with Gasteiger partial charge in [-0.25, -0.2) is 0 Å². The van der Waals surface area contributed by atoms with Crippen molar-refractivity contribution in [2.45, 2.75) is 52.4 Å². The van der Waals surface area contributed by atoms with E-state index in [1.165, 1.54) is 49.6 Å². The monoisotopic (exact) mass is 644 g/mol. The summed E-state index contributed by atoms with van der Waals surface area (Å²) in [6.45, 7) is 12.4. The van der Waals surface area contributed by atoms with Crippen molar-refractivity contribution in [3.05, 3.63) is 83.7 Å². The molecule has 2 amide bonds. The van der Waals surface area contributed by atoms with Crippen molar-refractivity contribution in [2.75, 3.05) is 53.4 Å². The zero-order chi connectivity index (χ0) is 33.3. The largest absolute Gasteiger partial charge is 0.345 e. The minimum atomic E-state index is -0.161. The maximum absolute atomic E-state index is 14.2. The lowest BCUT2D eigenvalue weighted by Gasteiger charge is -2.41. The molecule has 0 radical (unpaired) electrons. The second-order valence-electron chi connectivity index (χ2n) is 14.3. The Balaban J connectivity index is 1.04. The number of para-hydroxylation sites is 1. The lowest BCUT2D eigenvalue weighted by molar-refractivity contribution is -0.135. The normalized spacial score (nSPS) is 23.4. The van der Waals surface area contributed by atoms with Crippen LogP contribution in [0.15, 0.2) is 67.0 Å². The molecule has 8 nitrogen and oxygen atoms in total. The second kappa shape index (κ2) is 12.1. The Labute approximate surface area is 283 Å². The molecule has 0 saturated carbocycles. The lowest BCUT2D eigenvalue weighted by atomic mass is 9.84. The summed E-state index contributed by atoms with van der Waals surface area (Å²) in [5.41, 5.74) is 8.90. The number of rotatable bonds is 8. The van der Waals surface area contributed by atoms with Crippen LogP contribution in [0.4, 0.5) is 0 Å². The van der Waals surface area contributed by atoms with Crippen LogP contribution < -0.4 is 0 Å². The van der Waals surface area contributed by atoms with Gasteiger partial charge < -0.3 is 18.9 Å². The van der Waals surface area contributed by atoms with E-state index in [0.29, 0.717) is 13.1 Å². The van der Waals surface area contributed by atoms with Crippen molar-refractivity contribution in [1.82, 2.24) is 28.7 Å². The van der Waals surface area contributed by atoms with Crippen LogP contribution in [-0.4, -0.2) is 106 Å². The standard InChI is InChI=1S/C40H48N6O2/c1-6-43(7-2)39(47)28-20-34-32-13-12-26(30-16-19-46(38(30)32)25-36(34)41(4)22-28)14-17-44(8-3)40(48)29-21-33-31-11-9-10-27-15-18-45(37(27)31)24-35(33)42(5)23-29/h9-13,15-16,18-21,28-29,35-36H,6-8,14,17,22-25H2,1-5H3/t28-,29+,35+,36-/m0/s1. The maximum atomic E-state index is 14.2. The lowest BCUT2D eigenvalue weighted by Crippen LogP contribution is -2.48. The zero-order valence-electron chi connectivity index (χ0n) is 29.0. The van der Waals surface area contributed by atoms with E-state index in [4.69, 9.17) is 0 Å². The first-order chi connectivity index (χ1) is 23.3. The Hall–Kier alpha value is -4.14. The minimum absolute atomic E-state index is 0.127. The van der Waals surface area contributed by atoms with E-state index in [2.05, 4.69) is 126 Å². The second-order valence-corrected chi connectivity index (χ2v) is 14.3. The van der Waals surface area contributed by atoms with E-state index in [1.54, 1.807) is 0 Å². The molecule has 0 aliphatic carbocycles. The minimum Gasteiger partial charge on any atom is -0.345 e. The Morgan fingerprint density at radius 1 is 0.688 bits per heavy atom. The van der Waals surface area contributed by atoms with Crippen molar-refractivity contribution in [3.8, 4) is 0 Å². The molecule has 4 aliphatic heterocycles. The summed E-state index contributed by atoms with van der Waals surface area (Å²) in [6, 6.07) is 16.1. The summed E-state index contributed by atoms with van der Waals surface area (Å²) in [7, 11) is 4.32. The van der Waals surface area contributed by atoms with Gasteiger partial charge in [0.1, 0.15) is 0 Å². The van der Waals surface area contributed by atoms with Crippen LogP contribution in [0.5, 0.6) is 0 Å². The molecule has 0 N–H and O–H groups in total. The molecule has 0 bridgehead atoms. The molecule has 48 heavy (non-hydrogen) atoms. The van der Waals surface area contributed by atoms with E-state index in [-0.39, 0.29) is 35.7 Å². The number of likely N-dealkylation sites (N-methyl/N-ethyl adjacent to an activating group) is 3. The first-order valence-corrected chi connectivity index (χ1v) is 17.9. The van der Waals surface area contributed by atoms with Gasteiger partial charge in [-0.3, -0.25) is 19.4 Å². The summed E-state index contributed by atoms with van der Waals surface area (Å²) in [6.07, 6.45) is 9.77. The average molecular weight is 645 g/mol. The highest BCUT2D eigenvalue weighted by Gasteiger charge is 2.38. The summed E-state index contributed by atoms with van der Waals surface area (Å²) in [5.74, 6) is 0.155. The van der Waals surface area contributed by atoms with Crippen LogP contribution in [0.1, 0.15) is 37.5 Å². The number of hydrogen-bond donors (Lipinski definition) is 0. The van der Waals surface area contributed by atoms with Crippen molar-refractivity contribution in [2.24, 2.45) is 11.8 Å². The van der Waals surface area contributed by atoms with E-state index in [0.717, 1.165) is 45.7 Å². The van der Waals surface area contributed by atoms with E-state index < -0.39 is 0 Å². The first-order valence-electron chi connectivity index (χ1n) is 17.9. The molecule has 8 rings (SSSR count). The number of hydrogen-bond acceptors (Lipinski definition) is 4. The highest BCUT2D eigenvalue weighted by molar-refractivity contribution is 5.98. The topological polar surface area (TPSA) is 57.0 Å². The van der Waals surface area contributed by atoms with Gasteiger partial charge in [0.15, 0.2) is 0 Å². The highest BCUT2D eigenvalue weighted by atomic mass is 16.2. The number of fused-ring (bicyclic) bond motifs is 4. The summed E-state index contributed by atoms with van der Waals surface area (Å²) in [4.78, 5) is 36.3. The molecule has 2 aromatic carbocycles. The Kier molecular flexibility index (Phi) is 7.84. The van der Waals surface area contributed by atoms with Crippen LogP contribution in [0.2, 0.25) is 0 Å². The summed E-state index contributed by atoms with van der Waals surface area (Å²) >= 11 is 0. The molecule has 4 atom stereocenters. The van der Waals surface area contributed by atoms with E-state index in [1.807, 2.05) is 4.90 Å². The van der Waals surface area contributed by atoms with Gasteiger partial charge in [-0.15, -0.1) is 0 Å². The van der Waals surface area contributed by atoms with Crippen molar-refractivity contribution in [1.29, 1.82) is 0 Å². The van der Waals surface area contributed by atoms with Gasteiger partial charge in [0.25, 0.3) is 0 Å². The van der Waals surface area contributed by atoms with Gasteiger partial charge in [-0.1, -0.05) is 42.5 Å². The Morgan fingerprint density at radius 2 is 1.27 bits per heavy atom. The van der Waals surface area contributed by atoms with E-state index in [9.17, 15) is 9.59 Å². The predicted octanol–water partition coefficient (Wildman–Crippen LogP) is 5.21. The molecule has 0 spiro atoms. The third kappa shape index (κ3) is 4.86. The Morgan fingerprint density at radius 3 is 1.92 bits per heavy atom. The third-order valence-corrected chi connectivity index (χ3v) is 11.7. The van der Waals surface area contributed by atoms with Crippen molar-refractivity contribution < 1.29 is 9.59 Å². The fourth-order valence-electron chi connectivity index (χ4n) is 9.11. The number of carbonyl (C=O) groups excluding carboxylic acids is 2. The van der Waals surface area contributed by atoms with Crippen LogP contribution in [-0.2, 0) is 29.1 Å². The van der Waals surface area contributed by atoms with Gasteiger partial charge in [0.2, 0.25) is 11.8 Å². The van der Waals surface area contributed by atoms with Gasteiger partial charge in [-0.05, 0) is 70.1 Å². The smallest absolute Gasteiger partial charge is 0.230 e.